The van der Waals surface area contributed by atoms with Gasteiger partial charge in [-0.1, -0.05) is 31.9 Å². The zero-order chi connectivity index (χ0) is 13.0. The Balaban J connectivity index is 2.13. The molecule has 18 heavy (non-hydrogen) atoms. The summed E-state index contributed by atoms with van der Waals surface area (Å²) >= 11 is 0. The lowest BCUT2D eigenvalue weighted by Crippen LogP contribution is -2.60. The van der Waals surface area contributed by atoms with Gasteiger partial charge in [0.05, 0.1) is 0 Å². The molecule has 3 nitrogen and oxygen atoms in total. The predicted octanol–water partition coefficient (Wildman–Crippen LogP) is 2.58. The summed E-state index contributed by atoms with van der Waals surface area (Å²) in [7, 11) is 0. The van der Waals surface area contributed by atoms with Gasteiger partial charge in [-0.05, 0) is 51.6 Å². The number of hydrogen-bond acceptors (Lipinski definition) is 3. The summed E-state index contributed by atoms with van der Waals surface area (Å²) in [4.78, 5) is 2.72. The Kier molecular flexibility index (Phi) is 4.82. The van der Waals surface area contributed by atoms with Gasteiger partial charge in [-0.3, -0.25) is 16.2 Å². The van der Waals surface area contributed by atoms with Crippen molar-refractivity contribution in [2.24, 2.45) is 5.84 Å². The average molecular weight is 251 g/mol. The van der Waals surface area contributed by atoms with Crippen LogP contribution in [0.1, 0.15) is 58.3 Å². The van der Waals surface area contributed by atoms with Crippen LogP contribution in [-0.2, 0) is 0 Å². The molecule has 1 aliphatic heterocycles. The standard InChI is InChI=1S/C15H29N3/c1-3-13(2)12-14(17-16)15(8-4-5-9-15)18-10-6-7-11-18/h14,17H,2-12,16H2,1H3. The molecule has 3 N–H and O–H groups in total. The molecule has 1 atom stereocenters. The quantitative estimate of drug-likeness (QED) is 0.433. The molecular formula is C15H29N3. The molecule has 0 spiro atoms. The van der Waals surface area contributed by atoms with Crippen molar-refractivity contribution >= 4 is 0 Å². The molecule has 0 amide bonds. The molecule has 3 heteroatoms. The van der Waals surface area contributed by atoms with Crippen LogP contribution >= 0.6 is 0 Å². The van der Waals surface area contributed by atoms with Crippen LogP contribution in [0, 0.1) is 0 Å². The third-order valence-corrected chi connectivity index (χ3v) is 5.05. The monoisotopic (exact) mass is 251 g/mol. The first-order valence-electron chi connectivity index (χ1n) is 7.61. The minimum absolute atomic E-state index is 0.309. The van der Waals surface area contributed by atoms with E-state index in [4.69, 9.17) is 5.84 Å². The summed E-state index contributed by atoms with van der Waals surface area (Å²) < 4.78 is 0. The summed E-state index contributed by atoms with van der Waals surface area (Å²) in [6.45, 7) is 8.88. The van der Waals surface area contributed by atoms with E-state index in [-0.39, 0.29) is 0 Å². The largest absolute Gasteiger partial charge is 0.296 e. The van der Waals surface area contributed by atoms with E-state index in [9.17, 15) is 0 Å². The van der Waals surface area contributed by atoms with E-state index in [1.54, 1.807) is 0 Å². The lowest BCUT2D eigenvalue weighted by molar-refractivity contribution is 0.0764. The molecule has 0 aromatic heterocycles. The van der Waals surface area contributed by atoms with Gasteiger partial charge in [-0.2, -0.15) is 0 Å². The summed E-state index contributed by atoms with van der Waals surface area (Å²) in [5.74, 6) is 5.89. The van der Waals surface area contributed by atoms with Crippen LogP contribution in [0.15, 0.2) is 12.2 Å². The van der Waals surface area contributed by atoms with Gasteiger partial charge in [0.15, 0.2) is 0 Å². The van der Waals surface area contributed by atoms with Crippen molar-refractivity contribution in [3.05, 3.63) is 12.2 Å². The topological polar surface area (TPSA) is 41.3 Å². The Morgan fingerprint density at radius 1 is 1.28 bits per heavy atom. The molecule has 0 radical (unpaired) electrons. The van der Waals surface area contributed by atoms with Gasteiger partial charge in [-0.15, -0.1) is 0 Å². The van der Waals surface area contributed by atoms with Crippen molar-refractivity contribution in [2.45, 2.75) is 69.9 Å². The second-order valence-electron chi connectivity index (χ2n) is 6.03. The number of hydrogen-bond donors (Lipinski definition) is 2. The van der Waals surface area contributed by atoms with E-state index in [1.165, 1.54) is 57.2 Å². The molecule has 1 unspecified atom stereocenters. The summed E-state index contributed by atoms with van der Waals surface area (Å²) in [6, 6.07) is 0.380. The molecular weight excluding hydrogens is 222 g/mol. The van der Waals surface area contributed by atoms with Crippen LogP contribution in [-0.4, -0.2) is 29.6 Å². The third kappa shape index (κ3) is 2.63. The van der Waals surface area contributed by atoms with Gasteiger partial charge < -0.3 is 0 Å². The summed E-state index contributed by atoms with van der Waals surface area (Å²) in [6.07, 6.45) is 10.1. The van der Waals surface area contributed by atoms with Gasteiger partial charge in [-0.25, -0.2) is 0 Å². The fourth-order valence-corrected chi connectivity index (χ4v) is 3.87. The number of nitrogens with zero attached hydrogens (tertiary/aromatic N) is 1. The number of rotatable bonds is 6. The van der Waals surface area contributed by atoms with Crippen LogP contribution in [0.4, 0.5) is 0 Å². The Labute approximate surface area is 112 Å². The number of nitrogens with two attached hydrogens (primary N) is 1. The normalized spacial score (nSPS) is 25.4. The van der Waals surface area contributed by atoms with E-state index < -0.39 is 0 Å². The molecule has 1 aliphatic carbocycles. The predicted molar refractivity (Wildman–Crippen MR) is 77.2 cm³/mol. The average Bonchev–Trinajstić information content (AvgIpc) is 3.05. The first kappa shape index (κ1) is 14.0. The van der Waals surface area contributed by atoms with Gasteiger partial charge >= 0.3 is 0 Å². The van der Waals surface area contributed by atoms with Crippen LogP contribution in [0.5, 0.6) is 0 Å². The van der Waals surface area contributed by atoms with Gasteiger partial charge in [0.1, 0.15) is 0 Å². The first-order chi connectivity index (χ1) is 8.73. The summed E-state index contributed by atoms with van der Waals surface area (Å²) in [5.41, 5.74) is 4.76. The molecule has 1 heterocycles. The smallest absolute Gasteiger partial charge is 0.0431 e. The maximum atomic E-state index is 5.89. The highest BCUT2D eigenvalue weighted by Crippen LogP contribution is 2.41. The van der Waals surface area contributed by atoms with Crippen LogP contribution < -0.4 is 11.3 Å². The fourth-order valence-electron chi connectivity index (χ4n) is 3.87. The summed E-state index contributed by atoms with van der Waals surface area (Å²) in [5, 5.41) is 0. The van der Waals surface area contributed by atoms with Crippen LogP contribution in [0.3, 0.4) is 0 Å². The zero-order valence-corrected chi connectivity index (χ0v) is 11.9. The first-order valence-corrected chi connectivity index (χ1v) is 7.61. The Morgan fingerprint density at radius 3 is 2.39 bits per heavy atom. The number of hydrazine groups is 1. The van der Waals surface area contributed by atoms with E-state index in [0.29, 0.717) is 11.6 Å². The maximum Gasteiger partial charge on any atom is 0.0431 e. The molecule has 0 aromatic carbocycles. The highest BCUT2D eigenvalue weighted by atomic mass is 15.3. The molecule has 2 fully saturated rings. The molecule has 2 aliphatic rings. The SMILES string of the molecule is C=C(CC)CC(NN)C1(N2CCCC2)CCCC1. The lowest BCUT2D eigenvalue weighted by atomic mass is 9.82. The van der Waals surface area contributed by atoms with Crippen molar-refractivity contribution in [1.82, 2.24) is 10.3 Å². The van der Waals surface area contributed by atoms with Gasteiger partial charge in [0.2, 0.25) is 0 Å². The van der Waals surface area contributed by atoms with Crippen LogP contribution in [0.25, 0.3) is 0 Å². The maximum absolute atomic E-state index is 5.89. The van der Waals surface area contributed by atoms with Crippen molar-refractivity contribution in [3.63, 3.8) is 0 Å². The minimum atomic E-state index is 0.309. The molecule has 1 saturated carbocycles. The highest BCUT2D eigenvalue weighted by molar-refractivity contribution is 5.09. The zero-order valence-electron chi connectivity index (χ0n) is 11.9. The van der Waals surface area contributed by atoms with E-state index in [1.807, 2.05) is 0 Å². The molecule has 104 valence electrons. The second-order valence-corrected chi connectivity index (χ2v) is 6.03. The Hall–Kier alpha value is -0.380. The van der Waals surface area contributed by atoms with Crippen molar-refractivity contribution < 1.29 is 0 Å². The Morgan fingerprint density at radius 2 is 1.89 bits per heavy atom. The number of likely N-dealkylation sites (tertiary alicyclic amines) is 1. The molecule has 0 bridgehead atoms. The van der Waals surface area contributed by atoms with Crippen molar-refractivity contribution in [2.75, 3.05) is 13.1 Å². The van der Waals surface area contributed by atoms with Crippen LogP contribution in [0.2, 0.25) is 0 Å². The highest BCUT2D eigenvalue weighted by Gasteiger charge is 2.46. The Bertz CT molecular complexity index is 275. The third-order valence-electron chi connectivity index (χ3n) is 5.05. The van der Waals surface area contributed by atoms with Gasteiger partial charge in [0, 0.05) is 11.6 Å². The fraction of sp³-hybridized carbons (Fsp3) is 0.867. The van der Waals surface area contributed by atoms with Crippen molar-refractivity contribution in [3.8, 4) is 0 Å². The van der Waals surface area contributed by atoms with Crippen molar-refractivity contribution in [1.29, 1.82) is 0 Å². The second kappa shape index (κ2) is 6.18. The minimum Gasteiger partial charge on any atom is -0.296 e. The van der Waals surface area contributed by atoms with E-state index >= 15 is 0 Å². The molecule has 0 aromatic rings. The van der Waals surface area contributed by atoms with Gasteiger partial charge in [0.25, 0.3) is 0 Å². The van der Waals surface area contributed by atoms with E-state index in [0.717, 1.165) is 12.8 Å². The molecule has 2 rings (SSSR count). The lowest BCUT2D eigenvalue weighted by Gasteiger charge is -2.45. The number of nitrogens with one attached hydrogen (secondary N) is 1. The van der Waals surface area contributed by atoms with E-state index in [2.05, 4.69) is 23.8 Å². The molecule has 1 saturated heterocycles.